The van der Waals surface area contributed by atoms with Crippen LogP contribution in [0.3, 0.4) is 0 Å². The molecule has 14 heavy (non-hydrogen) atoms. The second-order valence-corrected chi connectivity index (χ2v) is 5.67. The average Bonchev–Trinajstić information content (AvgIpc) is 2.15. The lowest BCUT2D eigenvalue weighted by atomic mass is 9.75. The Morgan fingerprint density at radius 2 is 2.00 bits per heavy atom. The fraction of sp³-hybridized carbons (Fsp3) is 1.00. The molecule has 0 rings (SSSR count). The largest absolute Gasteiger partial charge is 0.316 e. The zero-order valence-electron chi connectivity index (χ0n) is 10.5. The minimum absolute atomic E-state index is 0.478. The quantitative estimate of drug-likeness (QED) is 0.625. The van der Waals surface area contributed by atoms with E-state index in [1.807, 2.05) is 11.8 Å². The van der Waals surface area contributed by atoms with Crippen LogP contribution in [0, 0.1) is 11.3 Å². The molecule has 0 aromatic carbocycles. The van der Waals surface area contributed by atoms with Crippen molar-refractivity contribution in [2.75, 3.05) is 25.1 Å². The summed E-state index contributed by atoms with van der Waals surface area (Å²) in [5, 5.41) is 3.49. The fourth-order valence-electron chi connectivity index (χ4n) is 1.61. The highest BCUT2D eigenvalue weighted by atomic mass is 32.2. The van der Waals surface area contributed by atoms with E-state index >= 15 is 0 Å². The van der Waals surface area contributed by atoms with E-state index in [9.17, 15) is 0 Å². The van der Waals surface area contributed by atoms with Crippen molar-refractivity contribution in [2.45, 2.75) is 40.5 Å². The van der Waals surface area contributed by atoms with E-state index in [0.29, 0.717) is 5.41 Å². The predicted octanol–water partition coefficient (Wildman–Crippen LogP) is 3.40. The molecule has 0 aromatic rings. The lowest BCUT2D eigenvalue weighted by Gasteiger charge is -2.34. The number of hydrogen-bond acceptors (Lipinski definition) is 2. The zero-order valence-corrected chi connectivity index (χ0v) is 11.3. The van der Waals surface area contributed by atoms with Crippen LogP contribution < -0.4 is 5.32 Å². The Hall–Kier alpha value is 0.310. The average molecular weight is 217 g/mol. The minimum atomic E-state index is 0.478. The lowest BCUT2D eigenvalue weighted by molar-refractivity contribution is 0.191. The van der Waals surface area contributed by atoms with Crippen molar-refractivity contribution in [3.05, 3.63) is 0 Å². The summed E-state index contributed by atoms with van der Waals surface area (Å²) in [6.07, 6.45) is 4.89. The molecule has 86 valence electrons. The Labute approximate surface area is 94.4 Å². The molecule has 1 unspecified atom stereocenters. The van der Waals surface area contributed by atoms with Crippen LogP contribution in [0.4, 0.5) is 0 Å². The molecule has 0 amide bonds. The molecule has 0 aliphatic rings. The van der Waals surface area contributed by atoms with Gasteiger partial charge in [-0.2, -0.15) is 11.8 Å². The Morgan fingerprint density at radius 3 is 2.43 bits per heavy atom. The van der Waals surface area contributed by atoms with E-state index in [2.05, 4.69) is 39.3 Å². The normalized spacial score (nSPS) is 15.9. The van der Waals surface area contributed by atoms with Crippen LogP contribution in [-0.4, -0.2) is 25.1 Å². The van der Waals surface area contributed by atoms with E-state index in [0.717, 1.165) is 19.0 Å². The zero-order chi connectivity index (χ0) is 11.0. The van der Waals surface area contributed by atoms with E-state index in [-0.39, 0.29) is 0 Å². The van der Waals surface area contributed by atoms with Crippen LogP contribution in [0.1, 0.15) is 40.5 Å². The number of hydrogen-bond donors (Lipinski definition) is 1. The van der Waals surface area contributed by atoms with Crippen molar-refractivity contribution >= 4 is 11.8 Å². The highest BCUT2D eigenvalue weighted by molar-refractivity contribution is 7.98. The van der Waals surface area contributed by atoms with Crippen LogP contribution in [-0.2, 0) is 0 Å². The number of nitrogens with one attached hydrogen (secondary N) is 1. The van der Waals surface area contributed by atoms with E-state index in [4.69, 9.17) is 0 Å². The van der Waals surface area contributed by atoms with Gasteiger partial charge in [0.1, 0.15) is 0 Å². The van der Waals surface area contributed by atoms with E-state index in [1.54, 1.807) is 0 Å². The van der Waals surface area contributed by atoms with Gasteiger partial charge in [-0.05, 0) is 42.7 Å². The molecular weight excluding hydrogens is 190 g/mol. The number of thioether (sulfide) groups is 1. The smallest absolute Gasteiger partial charge is 0.000750 e. The molecular formula is C12H27NS. The minimum Gasteiger partial charge on any atom is -0.316 e. The first-order valence-electron chi connectivity index (χ1n) is 5.76. The second kappa shape index (κ2) is 7.58. The molecule has 0 aliphatic heterocycles. The summed E-state index contributed by atoms with van der Waals surface area (Å²) >= 11 is 1.96. The summed E-state index contributed by atoms with van der Waals surface area (Å²) in [7, 11) is 0. The van der Waals surface area contributed by atoms with Gasteiger partial charge in [-0.3, -0.25) is 0 Å². The molecule has 0 radical (unpaired) electrons. The van der Waals surface area contributed by atoms with Crippen molar-refractivity contribution in [3.8, 4) is 0 Å². The monoisotopic (exact) mass is 217 g/mol. The van der Waals surface area contributed by atoms with Crippen LogP contribution in [0.15, 0.2) is 0 Å². The summed E-state index contributed by atoms with van der Waals surface area (Å²) in [5.74, 6) is 2.07. The fourth-order valence-corrected chi connectivity index (χ4v) is 2.05. The molecule has 0 aliphatic carbocycles. The Balaban J connectivity index is 3.96. The molecule has 1 N–H and O–H groups in total. The van der Waals surface area contributed by atoms with Crippen molar-refractivity contribution < 1.29 is 0 Å². The second-order valence-electron chi connectivity index (χ2n) is 4.69. The van der Waals surface area contributed by atoms with Gasteiger partial charge in [0.05, 0.1) is 0 Å². The third kappa shape index (κ3) is 5.26. The SMILES string of the molecule is CCNCC(C)(CCCSC)C(C)C. The van der Waals surface area contributed by atoms with E-state index < -0.39 is 0 Å². The maximum Gasteiger partial charge on any atom is 0.000750 e. The summed E-state index contributed by atoms with van der Waals surface area (Å²) in [6, 6.07) is 0. The number of rotatable bonds is 8. The maximum absolute atomic E-state index is 3.49. The molecule has 2 heteroatoms. The highest BCUT2D eigenvalue weighted by Gasteiger charge is 2.26. The van der Waals surface area contributed by atoms with Crippen molar-refractivity contribution in [1.29, 1.82) is 0 Å². The molecule has 1 atom stereocenters. The summed E-state index contributed by atoms with van der Waals surface area (Å²) < 4.78 is 0. The summed E-state index contributed by atoms with van der Waals surface area (Å²) in [4.78, 5) is 0. The van der Waals surface area contributed by atoms with Gasteiger partial charge in [0.15, 0.2) is 0 Å². The van der Waals surface area contributed by atoms with Crippen molar-refractivity contribution in [2.24, 2.45) is 11.3 Å². The van der Waals surface area contributed by atoms with Gasteiger partial charge in [-0.25, -0.2) is 0 Å². The Morgan fingerprint density at radius 1 is 1.36 bits per heavy atom. The topological polar surface area (TPSA) is 12.0 Å². The van der Waals surface area contributed by atoms with Gasteiger partial charge in [0, 0.05) is 6.54 Å². The summed E-state index contributed by atoms with van der Waals surface area (Å²) in [6.45, 7) is 11.5. The lowest BCUT2D eigenvalue weighted by Crippen LogP contribution is -2.36. The molecule has 0 heterocycles. The Bertz CT molecular complexity index is 136. The van der Waals surface area contributed by atoms with Gasteiger partial charge in [-0.1, -0.05) is 27.7 Å². The Kier molecular flexibility index (Phi) is 7.75. The third-order valence-corrected chi connectivity index (χ3v) is 3.97. The predicted molar refractivity (Wildman–Crippen MR) is 69.1 cm³/mol. The van der Waals surface area contributed by atoms with Gasteiger partial charge in [-0.15, -0.1) is 0 Å². The molecule has 0 saturated heterocycles. The van der Waals surface area contributed by atoms with Crippen molar-refractivity contribution in [3.63, 3.8) is 0 Å². The van der Waals surface area contributed by atoms with Crippen LogP contribution in [0.5, 0.6) is 0 Å². The standard InChI is InChI=1S/C12H27NS/c1-6-13-10-12(4,11(2)3)8-7-9-14-5/h11,13H,6-10H2,1-5H3. The van der Waals surface area contributed by atoms with Crippen LogP contribution in [0.25, 0.3) is 0 Å². The van der Waals surface area contributed by atoms with Crippen LogP contribution in [0.2, 0.25) is 0 Å². The van der Waals surface area contributed by atoms with Gasteiger partial charge in [0.25, 0.3) is 0 Å². The first kappa shape index (κ1) is 14.3. The molecule has 0 fully saturated rings. The van der Waals surface area contributed by atoms with Gasteiger partial charge in [0.2, 0.25) is 0 Å². The van der Waals surface area contributed by atoms with Gasteiger partial charge >= 0.3 is 0 Å². The summed E-state index contributed by atoms with van der Waals surface area (Å²) in [5.41, 5.74) is 0.478. The highest BCUT2D eigenvalue weighted by Crippen LogP contribution is 2.31. The molecule has 1 nitrogen and oxygen atoms in total. The third-order valence-electron chi connectivity index (χ3n) is 3.27. The molecule has 0 saturated carbocycles. The maximum atomic E-state index is 3.49. The first-order valence-corrected chi connectivity index (χ1v) is 7.16. The van der Waals surface area contributed by atoms with Gasteiger partial charge < -0.3 is 5.32 Å². The first-order chi connectivity index (χ1) is 6.56. The molecule has 0 bridgehead atoms. The van der Waals surface area contributed by atoms with Crippen LogP contribution >= 0.6 is 11.8 Å². The molecule has 0 spiro atoms. The van der Waals surface area contributed by atoms with E-state index in [1.165, 1.54) is 18.6 Å². The van der Waals surface area contributed by atoms with Crippen molar-refractivity contribution in [1.82, 2.24) is 5.32 Å². The molecule has 0 aromatic heterocycles.